The number of nitrogens with zero attached hydrogens (tertiary/aromatic N) is 5. The van der Waals surface area contributed by atoms with Crippen LogP contribution < -0.4 is 5.32 Å². The van der Waals surface area contributed by atoms with E-state index in [1.807, 2.05) is 18.2 Å². The van der Waals surface area contributed by atoms with Crippen molar-refractivity contribution in [1.29, 1.82) is 15.8 Å². The number of nitriles is 3. The van der Waals surface area contributed by atoms with E-state index in [9.17, 15) is 0 Å². The molecule has 0 aliphatic rings. The highest BCUT2D eigenvalue weighted by Crippen LogP contribution is 2.22. The van der Waals surface area contributed by atoms with E-state index in [2.05, 4.69) is 28.7 Å². The molecule has 0 saturated carbocycles. The molecule has 0 saturated heterocycles. The maximum absolute atomic E-state index is 9.07. The second-order valence-electron chi connectivity index (χ2n) is 4.54. The van der Waals surface area contributed by atoms with E-state index in [4.69, 9.17) is 15.8 Å². The second-order valence-corrected chi connectivity index (χ2v) is 4.54. The summed E-state index contributed by atoms with van der Waals surface area (Å²) >= 11 is 0. The van der Waals surface area contributed by atoms with Crippen molar-refractivity contribution in [2.24, 2.45) is 0 Å². The molecule has 22 heavy (non-hydrogen) atoms. The molecule has 0 bridgehead atoms. The van der Waals surface area contributed by atoms with Crippen molar-refractivity contribution >= 4 is 16.7 Å². The van der Waals surface area contributed by atoms with Gasteiger partial charge in [0, 0.05) is 18.7 Å². The van der Waals surface area contributed by atoms with Crippen LogP contribution in [0.4, 0.5) is 5.69 Å². The minimum Gasteiger partial charge on any atom is -0.345 e. The zero-order valence-electron chi connectivity index (χ0n) is 12.4. The largest absolute Gasteiger partial charge is 0.345 e. The third-order valence-corrected chi connectivity index (χ3v) is 3.31. The molecule has 0 radical (unpaired) electrons. The highest BCUT2D eigenvalue weighted by atomic mass is 15.1. The molecule has 0 spiro atoms. The summed E-state index contributed by atoms with van der Waals surface area (Å²) in [5, 5.41) is 29.6. The lowest BCUT2D eigenvalue weighted by Gasteiger charge is -2.06. The summed E-state index contributed by atoms with van der Waals surface area (Å²) < 4.78 is 2.14. The molecule has 0 unspecified atom stereocenters. The van der Waals surface area contributed by atoms with Crippen LogP contribution in [-0.2, 0) is 13.0 Å². The average molecular weight is 290 g/mol. The molecule has 0 atom stereocenters. The summed E-state index contributed by atoms with van der Waals surface area (Å²) in [5.41, 5.74) is 2.16. The van der Waals surface area contributed by atoms with E-state index in [0.717, 1.165) is 29.8 Å². The summed E-state index contributed by atoms with van der Waals surface area (Å²) in [6, 6.07) is 10.8. The number of hydrogen-bond donors (Lipinski definition) is 1. The molecule has 6 nitrogen and oxygen atoms in total. The molecular formula is C16H14N6. The third-order valence-electron chi connectivity index (χ3n) is 3.31. The highest BCUT2D eigenvalue weighted by Gasteiger charge is 2.10. The molecule has 6 heteroatoms. The number of aromatic nitrogens is 2. The van der Waals surface area contributed by atoms with Gasteiger partial charge in [0.1, 0.15) is 29.7 Å². The lowest BCUT2D eigenvalue weighted by atomic mass is 10.2. The Balaban J connectivity index is 2.48. The van der Waals surface area contributed by atoms with Gasteiger partial charge < -0.3 is 9.88 Å². The molecule has 108 valence electrons. The Labute approximate surface area is 128 Å². The summed E-state index contributed by atoms with van der Waals surface area (Å²) in [6.07, 6.45) is 0.835. The summed E-state index contributed by atoms with van der Waals surface area (Å²) in [7, 11) is 0. The van der Waals surface area contributed by atoms with Crippen LogP contribution in [0.15, 0.2) is 29.5 Å². The Hall–Kier alpha value is -3.30. The standard InChI is InChI=1S/C16H14N6/c1-3-16-21-13-7-12(5-6-15(13)22(16)4-2)20-14(10-19)11(8-17)9-18/h5-7,20H,3-4H2,1-2H3. The number of allylic oxidation sites excluding steroid dienone is 2. The van der Waals surface area contributed by atoms with Crippen LogP contribution in [0.1, 0.15) is 19.7 Å². The molecule has 0 amide bonds. The van der Waals surface area contributed by atoms with Crippen molar-refractivity contribution in [1.82, 2.24) is 9.55 Å². The lowest BCUT2D eigenvalue weighted by molar-refractivity contribution is 0.726. The van der Waals surface area contributed by atoms with E-state index < -0.39 is 0 Å². The van der Waals surface area contributed by atoms with Crippen LogP contribution in [0.5, 0.6) is 0 Å². The fourth-order valence-electron chi connectivity index (χ4n) is 2.31. The van der Waals surface area contributed by atoms with Gasteiger partial charge in [0.05, 0.1) is 11.0 Å². The van der Waals surface area contributed by atoms with Gasteiger partial charge in [-0.15, -0.1) is 0 Å². The summed E-state index contributed by atoms with van der Waals surface area (Å²) in [6.45, 7) is 4.95. The maximum atomic E-state index is 9.07. The predicted molar refractivity (Wildman–Crippen MR) is 82.3 cm³/mol. The molecule has 2 rings (SSSR count). The van der Waals surface area contributed by atoms with Gasteiger partial charge in [-0.2, -0.15) is 15.8 Å². The summed E-state index contributed by atoms with van der Waals surface area (Å²) in [5.74, 6) is 1.00. The fraction of sp³-hybridized carbons (Fsp3) is 0.250. The number of imidazole rings is 1. The molecule has 0 aliphatic heterocycles. The van der Waals surface area contributed by atoms with Crippen molar-refractivity contribution < 1.29 is 0 Å². The molecule has 1 heterocycles. The Bertz CT molecular complexity index is 851. The monoisotopic (exact) mass is 290 g/mol. The molecule has 2 aromatic rings. The van der Waals surface area contributed by atoms with E-state index in [0.29, 0.717) is 5.69 Å². The minimum atomic E-state index is -0.240. The first-order valence-electron chi connectivity index (χ1n) is 6.89. The van der Waals surface area contributed by atoms with Crippen molar-refractivity contribution in [2.45, 2.75) is 26.8 Å². The predicted octanol–water partition coefficient (Wildman–Crippen LogP) is 2.86. The Morgan fingerprint density at radius 1 is 1.18 bits per heavy atom. The SMILES string of the molecule is CCc1nc2cc(NC(C#N)=C(C#N)C#N)ccc2n1CC. The highest BCUT2D eigenvalue weighted by molar-refractivity contribution is 5.81. The van der Waals surface area contributed by atoms with Gasteiger partial charge in [-0.25, -0.2) is 4.98 Å². The van der Waals surface area contributed by atoms with E-state index >= 15 is 0 Å². The average Bonchev–Trinajstić information content (AvgIpc) is 2.91. The minimum absolute atomic E-state index is 0.0602. The Morgan fingerprint density at radius 2 is 1.91 bits per heavy atom. The van der Waals surface area contributed by atoms with E-state index in [1.165, 1.54) is 0 Å². The van der Waals surface area contributed by atoms with Crippen molar-refractivity contribution in [3.8, 4) is 18.2 Å². The van der Waals surface area contributed by atoms with Gasteiger partial charge in [0.15, 0.2) is 5.57 Å². The number of hydrogen-bond acceptors (Lipinski definition) is 5. The van der Waals surface area contributed by atoms with Crippen LogP contribution >= 0.6 is 0 Å². The first kappa shape index (κ1) is 15.1. The zero-order chi connectivity index (χ0) is 16.1. The fourth-order valence-corrected chi connectivity index (χ4v) is 2.31. The van der Waals surface area contributed by atoms with Crippen LogP contribution in [0, 0.1) is 34.0 Å². The van der Waals surface area contributed by atoms with E-state index in [1.54, 1.807) is 18.2 Å². The van der Waals surface area contributed by atoms with Gasteiger partial charge in [-0.05, 0) is 25.1 Å². The smallest absolute Gasteiger partial charge is 0.163 e. The number of nitrogens with one attached hydrogen (secondary N) is 1. The van der Waals surface area contributed by atoms with Gasteiger partial charge in [-0.1, -0.05) is 6.92 Å². The van der Waals surface area contributed by atoms with Crippen molar-refractivity contribution in [3.63, 3.8) is 0 Å². The Morgan fingerprint density at radius 3 is 2.45 bits per heavy atom. The molecule has 1 aromatic heterocycles. The first-order chi connectivity index (χ1) is 10.7. The quantitative estimate of drug-likeness (QED) is 0.872. The number of fused-ring (bicyclic) bond motifs is 1. The molecular weight excluding hydrogens is 276 g/mol. The first-order valence-corrected chi connectivity index (χ1v) is 6.89. The van der Waals surface area contributed by atoms with Crippen LogP contribution in [0.25, 0.3) is 11.0 Å². The van der Waals surface area contributed by atoms with Gasteiger partial charge in [-0.3, -0.25) is 0 Å². The molecule has 0 fully saturated rings. The van der Waals surface area contributed by atoms with Crippen molar-refractivity contribution in [2.75, 3.05) is 5.32 Å². The van der Waals surface area contributed by atoms with Crippen molar-refractivity contribution in [3.05, 3.63) is 35.3 Å². The number of aryl methyl sites for hydroxylation is 2. The van der Waals surface area contributed by atoms with Crippen LogP contribution in [0.2, 0.25) is 0 Å². The van der Waals surface area contributed by atoms with Gasteiger partial charge in [0.25, 0.3) is 0 Å². The van der Waals surface area contributed by atoms with Crippen LogP contribution in [0.3, 0.4) is 0 Å². The molecule has 1 aromatic carbocycles. The molecule has 1 N–H and O–H groups in total. The Kier molecular flexibility index (Phi) is 4.41. The van der Waals surface area contributed by atoms with Gasteiger partial charge in [0.2, 0.25) is 0 Å². The van der Waals surface area contributed by atoms with Crippen LogP contribution in [-0.4, -0.2) is 9.55 Å². The normalized spacial score (nSPS) is 9.59. The number of rotatable bonds is 4. The second kappa shape index (κ2) is 6.43. The summed E-state index contributed by atoms with van der Waals surface area (Å²) in [4.78, 5) is 4.57. The molecule has 0 aliphatic carbocycles. The maximum Gasteiger partial charge on any atom is 0.163 e. The zero-order valence-corrected chi connectivity index (χ0v) is 12.4. The topological polar surface area (TPSA) is 101 Å². The lowest BCUT2D eigenvalue weighted by Crippen LogP contribution is -2.01. The number of benzene rings is 1. The van der Waals surface area contributed by atoms with E-state index in [-0.39, 0.29) is 11.3 Å². The number of anilines is 1. The third kappa shape index (κ3) is 2.61. The van der Waals surface area contributed by atoms with Gasteiger partial charge >= 0.3 is 0 Å².